The normalized spacial score (nSPS) is 10.2. The summed E-state index contributed by atoms with van der Waals surface area (Å²) < 4.78 is 2.00. The van der Waals surface area contributed by atoms with Gasteiger partial charge in [-0.2, -0.15) is 0 Å². The van der Waals surface area contributed by atoms with Crippen molar-refractivity contribution in [2.45, 2.75) is 0 Å². The van der Waals surface area contributed by atoms with Crippen LogP contribution in [0.1, 0.15) is 11.4 Å². The lowest BCUT2D eigenvalue weighted by Gasteiger charge is -1.94. The van der Waals surface area contributed by atoms with Crippen molar-refractivity contribution >= 4 is 16.7 Å². The SMILES string of the molecule is Cn1c(C#Cc2ccc(N)cc2)nc2ccccc21. The van der Waals surface area contributed by atoms with Crippen molar-refractivity contribution in [1.82, 2.24) is 9.55 Å². The van der Waals surface area contributed by atoms with E-state index < -0.39 is 0 Å². The first-order valence-electron chi connectivity index (χ1n) is 6.03. The van der Waals surface area contributed by atoms with Crippen LogP contribution in [-0.4, -0.2) is 9.55 Å². The molecule has 0 radical (unpaired) electrons. The minimum atomic E-state index is 0.744. The summed E-state index contributed by atoms with van der Waals surface area (Å²) in [6, 6.07) is 15.5. The summed E-state index contributed by atoms with van der Waals surface area (Å²) in [4.78, 5) is 4.51. The molecule has 3 rings (SSSR count). The summed E-state index contributed by atoms with van der Waals surface area (Å²) in [5.41, 5.74) is 9.37. The van der Waals surface area contributed by atoms with Gasteiger partial charge >= 0.3 is 0 Å². The molecule has 0 bridgehead atoms. The van der Waals surface area contributed by atoms with Gasteiger partial charge in [0.15, 0.2) is 5.82 Å². The molecule has 0 aliphatic rings. The molecule has 3 heteroatoms. The average Bonchev–Trinajstić information content (AvgIpc) is 2.76. The molecule has 0 aliphatic heterocycles. The smallest absolute Gasteiger partial charge is 0.186 e. The highest BCUT2D eigenvalue weighted by Crippen LogP contribution is 2.13. The van der Waals surface area contributed by atoms with Gasteiger partial charge in [-0.05, 0) is 42.3 Å². The van der Waals surface area contributed by atoms with Crippen LogP contribution in [-0.2, 0) is 7.05 Å². The molecule has 92 valence electrons. The molecule has 0 saturated carbocycles. The Hall–Kier alpha value is -2.73. The Bertz CT molecular complexity index is 786. The highest BCUT2D eigenvalue weighted by atomic mass is 15.0. The van der Waals surface area contributed by atoms with Gasteiger partial charge in [0.1, 0.15) is 0 Å². The van der Waals surface area contributed by atoms with Crippen molar-refractivity contribution in [1.29, 1.82) is 0 Å². The van der Waals surface area contributed by atoms with Crippen LogP contribution < -0.4 is 5.73 Å². The monoisotopic (exact) mass is 247 g/mol. The third-order valence-corrected chi connectivity index (χ3v) is 3.02. The van der Waals surface area contributed by atoms with Gasteiger partial charge in [-0.3, -0.25) is 0 Å². The third kappa shape index (κ3) is 2.16. The van der Waals surface area contributed by atoms with E-state index in [4.69, 9.17) is 5.73 Å². The van der Waals surface area contributed by atoms with E-state index in [0.29, 0.717) is 0 Å². The Morgan fingerprint density at radius 3 is 2.47 bits per heavy atom. The molecule has 1 aromatic heterocycles. The number of hydrogen-bond donors (Lipinski definition) is 1. The zero-order valence-corrected chi connectivity index (χ0v) is 10.6. The van der Waals surface area contributed by atoms with Crippen molar-refractivity contribution in [2.75, 3.05) is 5.73 Å². The summed E-state index contributed by atoms with van der Waals surface area (Å²) in [5, 5.41) is 0. The number of nitrogens with zero attached hydrogens (tertiary/aromatic N) is 2. The molecule has 1 heterocycles. The second-order valence-corrected chi connectivity index (χ2v) is 4.36. The number of rotatable bonds is 0. The number of aromatic nitrogens is 2. The second-order valence-electron chi connectivity index (χ2n) is 4.36. The van der Waals surface area contributed by atoms with Crippen LogP contribution >= 0.6 is 0 Å². The third-order valence-electron chi connectivity index (χ3n) is 3.02. The highest BCUT2D eigenvalue weighted by Gasteiger charge is 2.03. The Kier molecular flexibility index (Phi) is 2.70. The molecule has 0 aliphatic carbocycles. The van der Waals surface area contributed by atoms with E-state index >= 15 is 0 Å². The Morgan fingerprint density at radius 2 is 1.74 bits per heavy atom. The summed E-state index contributed by atoms with van der Waals surface area (Å²) >= 11 is 0. The fourth-order valence-corrected chi connectivity index (χ4v) is 1.95. The lowest BCUT2D eigenvalue weighted by Crippen LogP contribution is -1.92. The van der Waals surface area contributed by atoms with Crippen LogP contribution in [0, 0.1) is 11.8 Å². The summed E-state index contributed by atoms with van der Waals surface area (Å²) in [5.74, 6) is 6.96. The molecule has 0 spiro atoms. The lowest BCUT2D eigenvalue weighted by molar-refractivity contribution is 0.925. The summed E-state index contributed by atoms with van der Waals surface area (Å²) in [6.07, 6.45) is 0. The molecule has 3 aromatic rings. The van der Waals surface area contributed by atoms with Crippen LogP contribution in [0.25, 0.3) is 11.0 Å². The second kappa shape index (κ2) is 4.51. The van der Waals surface area contributed by atoms with E-state index in [1.165, 1.54) is 0 Å². The Labute approximate surface area is 111 Å². The maximum atomic E-state index is 5.64. The van der Waals surface area contributed by atoms with Gasteiger partial charge in [-0.1, -0.05) is 18.1 Å². The first-order chi connectivity index (χ1) is 9.24. The van der Waals surface area contributed by atoms with E-state index in [1.807, 2.05) is 60.1 Å². The van der Waals surface area contributed by atoms with Crippen molar-refractivity contribution in [2.24, 2.45) is 7.05 Å². The fraction of sp³-hybridized carbons (Fsp3) is 0.0625. The first-order valence-corrected chi connectivity index (χ1v) is 6.03. The first kappa shape index (κ1) is 11.4. The van der Waals surface area contributed by atoms with Gasteiger partial charge in [0.05, 0.1) is 11.0 Å². The molecule has 2 aromatic carbocycles. The predicted octanol–water partition coefficient (Wildman–Crippen LogP) is 2.56. The lowest BCUT2D eigenvalue weighted by atomic mass is 10.2. The van der Waals surface area contributed by atoms with Crippen LogP contribution in [0.5, 0.6) is 0 Å². The number of hydrogen-bond acceptors (Lipinski definition) is 2. The molecular weight excluding hydrogens is 234 g/mol. The van der Waals surface area contributed by atoms with Crippen LogP contribution in [0.2, 0.25) is 0 Å². The molecule has 0 unspecified atom stereocenters. The van der Waals surface area contributed by atoms with Gasteiger partial charge in [-0.25, -0.2) is 4.98 Å². The van der Waals surface area contributed by atoms with Gasteiger partial charge < -0.3 is 10.3 Å². The van der Waals surface area contributed by atoms with E-state index in [2.05, 4.69) is 16.8 Å². The van der Waals surface area contributed by atoms with Gasteiger partial charge in [0.2, 0.25) is 0 Å². The standard InChI is InChI=1S/C16H13N3/c1-19-15-5-3-2-4-14(15)18-16(19)11-8-12-6-9-13(17)10-7-12/h2-7,9-10H,17H2,1H3. The van der Waals surface area contributed by atoms with Gasteiger partial charge in [0, 0.05) is 18.3 Å². The molecular formula is C16H13N3. The molecule has 0 fully saturated rings. The van der Waals surface area contributed by atoms with Gasteiger partial charge in [0.25, 0.3) is 0 Å². The number of aryl methyl sites for hydroxylation is 1. The number of imidazole rings is 1. The molecule has 0 atom stereocenters. The summed E-state index contributed by atoms with van der Waals surface area (Å²) in [7, 11) is 1.97. The number of nitrogens with two attached hydrogens (primary N) is 1. The minimum absolute atomic E-state index is 0.744. The topological polar surface area (TPSA) is 43.8 Å². The maximum Gasteiger partial charge on any atom is 0.186 e. The van der Waals surface area contributed by atoms with Crippen LogP contribution in [0.3, 0.4) is 0 Å². The van der Waals surface area contributed by atoms with Crippen LogP contribution in [0.4, 0.5) is 5.69 Å². The zero-order chi connectivity index (χ0) is 13.2. The molecule has 2 N–H and O–H groups in total. The van der Waals surface area contributed by atoms with Gasteiger partial charge in [-0.15, -0.1) is 0 Å². The van der Waals surface area contributed by atoms with Crippen LogP contribution in [0.15, 0.2) is 48.5 Å². The number of benzene rings is 2. The van der Waals surface area contributed by atoms with Crippen molar-refractivity contribution in [3.63, 3.8) is 0 Å². The van der Waals surface area contributed by atoms with Crippen molar-refractivity contribution in [3.8, 4) is 11.8 Å². The Morgan fingerprint density at radius 1 is 1.00 bits per heavy atom. The highest BCUT2D eigenvalue weighted by molar-refractivity contribution is 5.76. The predicted molar refractivity (Wildman–Crippen MR) is 77.5 cm³/mol. The van der Waals surface area contributed by atoms with E-state index in [-0.39, 0.29) is 0 Å². The number of para-hydroxylation sites is 2. The number of nitrogen functional groups attached to an aromatic ring is 1. The van der Waals surface area contributed by atoms with Crippen molar-refractivity contribution < 1.29 is 0 Å². The average molecular weight is 247 g/mol. The van der Waals surface area contributed by atoms with E-state index in [1.54, 1.807) is 0 Å². The number of anilines is 1. The fourth-order valence-electron chi connectivity index (χ4n) is 1.95. The Balaban J connectivity index is 2.02. The summed E-state index contributed by atoms with van der Waals surface area (Å²) in [6.45, 7) is 0. The maximum absolute atomic E-state index is 5.64. The molecule has 19 heavy (non-hydrogen) atoms. The molecule has 3 nitrogen and oxygen atoms in total. The van der Waals surface area contributed by atoms with E-state index in [0.717, 1.165) is 28.1 Å². The molecule has 0 amide bonds. The molecule has 0 saturated heterocycles. The number of fused-ring (bicyclic) bond motifs is 1. The minimum Gasteiger partial charge on any atom is -0.399 e. The van der Waals surface area contributed by atoms with Crippen molar-refractivity contribution in [3.05, 3.63) is 59.9 Å². The zero-order valence-electron chi connectivity index (χ0n) is 10.6. The largest absolute Gasteiger partial charge is 0.399 e. The van der Waals surface area contributed by atoms with E-state index in [9.17, 15) is 0 Å². The quantitative estimate of drug-likeness (QED) is 0.490.